The molecule has 0 bridgehead atoms. The van der Waals surface area contributed by atoms with Crippen molar-refractivity contribution in [3.63, 3.8) is 0 Å². The predicted octanol–water partition coefficient (Wildman–Crippen LogP) is 4.96. The lowest BCUT2D eigenvalue weighted by Crippen LogP contribution is -2.42. The van der Waals surface area contributed by atoms with Gasteiger partial charge >= 0.3 is 0 Å². The molecule has 1 aliphatic rings. The van der Waals surface area contributed by atoms with Gasteiger partial charge in [-0.05, 0) is 56.0 Å². The van der Waals surface area contributed by atoms with Crippen molar-refractivity contribution in [1.29, 1.82) is 0 Å². The molecule has 1 aromatic carbocycles. The molecule has 30 heavy (non-hydrogen) atoms. The molecule has 6 heteroatoms. The lowest BCUT2D eigenvalue weighted by molar-refractivity contribution is 0.0597. The molecule has 0 radical (unpaired) electrons. The number of piperidine rings is 1. The lowest BCUT2D eigenvalue weighted by atomic mass is 10.0. The zero-order valence-electron chi connectivity index (χ0n) is 18.4. The number of likely N-dealkylation sites (tertiary alicyclic amines) is 1. The quantitative estimate of drug-likeness (QED) is 0.612. The summed E-state index contributed by atoms with van der Waals surface area (Å²) in [4.78, 5) is 19.8. The number of aromatic nitrogens is 2. The normalized spacial score (nSPS) is 15.2. The summed E-state index contributed by atoms with van der Waals surface area (Å²) in [6, 6.07) is 8.10. The van der Waals surface area contributed by atoms with E-state index in [1.807, 2.05) is 24.0 Å². The van der Waals surface area contributed by atoms with Crippen LogP contribution in [0.5, 0.6) is 5.75 Å². The fourth-order valence-electron chi connectivity index (χ4n) is 3.90. The highest BCUT2D eigenvalue weighted by Crippen LogP contribution is 2.28. The third-order valence-electron chi connectivity index (χ3n) is 5.97. The average molecular weight is 408 g/mol. The van der Waals surface area contributed by atoms with Gasteiger partial charge in [0.05, 0.1) is 16.6 Å². The number of benzene rings is 1. The Morgan fingerprint density at radius 3 is 2.53 bits per heavy atom. The fraction of sp³-hybridized carbons (Fsp3) is 0.458. The van der Waals surface area contributed by atoms with Crippen molar-refractivity contribution in [3.8, 4) is 5.75 Å². The van der Waals surface area contributed by atoms with Gasteiger partial charge in [-0.2, -0.15) is 0 Å². The summed E-state index contributed by atoms with van der Waals surface area (Å²) in [7, 11) is 0. The molecule has 1 amide bonds. The molecule has 1 fully saturated rings. The number of hydrogen-bond acceptors (Lipinski definition) is 5. The number of nitrogens with zero attached hydrogens (tertiary/aromatic N) is 3. The average Bonchev–Trinajstić information content (AvgIpc) is 3.11. The van der Waals surface area contributed by atoms with Gasteiger partial charge < -0.3 is 14.2 Å². The van der Waals surface area contributed by atoms with Crippen LogP contribution in [0.15, 0.2) is 28.8 Å². The summed E-state index contributed by atoms with van der Waals surface area (Å²) < 4.78 is 11.5. The number of pyridine rings is 1. The Morgan fingerprint density at radius 2 is 1.87 bits per heavy atom. The first-order valence-electron chi connectivity index (χ1n) is 10.6. The Kier molecular flexibility index (Phi) is 5.50. The Labute approximate surface area is 177 Å². The van der Waals surface area contributed by atoms with Gasteiger partial charge in [0.25, 0.3) is 11.6 Å². The summed E-state index contributed by atoms with van der Waals surface area (Å²) in [5, 5.41) is 4.75. The molecule has 6 nitrogen and oxygen atoms in total. The van der Waals surface area contributed by atoms with Crippen LogP contribution in [-0.4, -0.2) is 40.1 Å². The van der Waals surface area contributed by atoms with E-state index in [0.29, 0.717) is 30.1 Å². The Morgan fingerprint density at radius 1 is 1.13 bits per heavy atom. The first-order valence-corrected chi connectivity index (χ1v) is 10.6. The summed E-state index contributed by atoms with van der Waals surface area (Å²) >= 11 is 0. The van der Waals surface area contributed by atoms with E-state index in [0.717, 1.165) is 29.7 Å². The highest BCUT2D eigenvalue weighted by Gasteiger charge is 2.28. The molecule has 0 N–H and O–H groups in total. The molecule has 4 rings (SSSR count). The molecule has 2 aromatic heterocycles. The number of rotatable bonds is 4. The first kappa shape index (κ1) is 20.4. The van der Waals surface area contributed by atoms with Crippen LogP contribution in [-0.2, 0) is 0 Å². The van der Waals surface area contributed by atoms with E-state index in [2.05, 4.69) is 50.0 Å². The predicted molar refractivity (Wildman–Crippen MR) is 116 cm³/mol. The molecule has 0 saturated carbocycles. The molecule has 3 heterocycles. The van der Waals surface area contributed by atoms with Crippen molar-refractivity contribution in [1.82, 2.24) is 15.0 Å². The van der Waals surface area contributed by atoms with E-state index in [4.69, 9.17) is 9.26 Å². The molecule has 0 unspecified atom stereocenters. The van der Waals surface area contributed by atoms with Crippen LogP contribution >= 0.6 is 0 Å². The second-order valence-corrected chi connectivity index (χ2v) is 8.55. The molecular formula is C24H29N3O3. The fourth-order valence-corrected chi connectivity index (χ4v) is 3.90. The summed E-state index contributed by atoms with van der Waals surface area (Å²) in [5.41, 5.74) is 5.10. The largest absolute Gasteiger partial charge is 0.490 e. The van der Waals surface area contributed by atoms with Crippen molar-refractivity contribution in [2.45, 2.75) is 59.5 Å². The second-order valence-electron chi connectivity index (χ2n) is 8.55. The molecule has 0 atom stereocenters. The topological polar surface area (TPSA) is 68.5 Å². The van der Waals surface area contributed by atoms with Crippen molar-refractivity contribution in [2.24, 2.45) is 0 Å². The molecule has 1 aliphatic heterocycles. The molecular weight excluding hydrogens is 378 g/mol. The highest BCUT2D eigenvalue weighted by atomic mass is 16.5. The van der Waals surface area contributed by atoms with E-state index >= 15 is 0 Å². The van der Waals surface area contributed by atoms with E-state index in [9.17, 15) is 4.79 Å². The van der Waals surface area contributed by atoms with Crippen molar-refractivity contribution in [3.05, 3.63) is 52.3 Å². The van der Waals surface area contributed by atoms with Crippen LogP contribution in [0.2, 0.25) is 0 Å². The van der Waals surface area contributed by atoms with Gasteiger partial charge in [-0.3, -0.25) is 4.79 Å². The minimum atomic E-state index is 0.0141. The van der Waals surface area contributed by atoms with Crippen LogP contribution in [0.1, 0.15) is 65.5 Å². The summed E-state index contributed by atoms with van der Waals surface area (Å²) in [5.74, 6) is 1.11. The van der Waals surface area contributed by atoms with Gasteiger partial charge in [-0.15, -0.1) is 0 Å². The number of aryl methyl sites for hydroxylation is 3. The van der Waals surface area contributed by atoms with Crippen molar-refractivity contribution in [2.75, 3.05) is 13.1 Å². The smallest absolute Gasteiger partial charge is 0.259 e. The highest BCUT2D eigenvalue weighted by molar-refractivity contribution is 6.06. The SMILES string of the molecule is Cc1ccc(OC2CCN(C(=O)c3cc(C(C)C)nc4onc(C)c34)CC2)cc1C. The Bertz CT molecular complexity index is 1080. The van der Waals surface area contributed by atoms with Crippen LogP contribution in [0.4, 0.5) is 0 Å². The lowest BCUT2D eigenvalue weighted by Gasteiger charge is -2.32. The third-order valence-corrected chi connectivity index (χ3v) is 5.97. The van der Waals surface area contributed by atoms with E-state index in [1.54, 1.807) is 0 Å². The van der Waals surface area contributed by atoms with Gasteiger partial charge in [-0.25, -0.2) is 4.98 Å². The monoisotopic (exact) mass is 407 g/mol. The minimum Gasteiger partial charge on any atom is -0.490 e. The van der Waals surface area contributed by atoms with Gasteiger partial charge in [0.15, 0.2) is 0 Å². The number of fused-ring (bicyclic) bond motifs is 1. The van der Waals surface area contributed by atoms with Crippen LogP contribution in [0.3, 0.4) is 0 Å². The molecule has 158 valence electrons. The van der Waals surface area contributed by atoms with Gasteiger partial charge in [0.2, 0.25) is 0 Å². The second kappa shape index (κ2) is 8.09. The number of carbonyl (C=O) groups excluding carboxylic acids is 1. The Hall–Kier alpha value is -2.89. The zero-order chi connectivity index (χ0) is 21.4. The van der Waals surface area contributed by atoms with Gasteiger partial charge in [0, 0.05) is 31.6 Å². The molecule has 0 spiro atoms. The zero-order valence-corrected chi connectivity index (χ0v) is 18.4. The van der Waals surface area contributed by atoms with Crippen molar-refractivity contribution < 1.29 is 14.1 Å². The van der Waals surface area contributed by atoms with E-state index in [-0.39, 0.29) is 17.9 Å². The molecule has 1 saturated heterocycles. The maximum atomic E-state index is 13.4. The maximum Gasteiger partial charge on any atom is 0.259 e. The molecule has 0 aliphatic carbocycles. The third kappa shape index (κ3) is 3.91. The van der Waals surface area contributed by atoms with Crippen LogP contribution < -0.4 is 4.74 Å². The number of ether oxygens (including phenoxy) is 1. The number of carbonyl (C=O) groups is 1. The van der Waals surface area contributed by atoms with Crippen molar-refractivity contribution >= 4 is 17.0 Å². The van der Waals surface area contributed by atoms with E-state index < -0.39 is 0 Å². The standard InChI is InChI=1S/C24H29N3O3/c1-14(2)21-13-20(22-17(5)26-30-23(22)25-21)24(28)27-10-8-18(9-11-27)29-19-7-6-15(3)16(4)12-19/h6-7,12-14,18H,8-11H2,1-5H3. The summed E-state index contributed by atoms with van der Waals surface area (Å²) in [6.07, 6.45) is 1.75. The van der Waals surface area contributed by atoms with Gasteiger partial charge in [-0.1, -0.05) is 25.1 Å². The maximum absolute atomic E-state index is 13.4. The number of amides is 1. The minimum absolute atomic E-state index is 0.0141. The van der Waals surface area contributed by atoms with Crippen LogP contribution in [0.25, 0.3) is 11.1 Å². The van der Waals surface area contributed by atoms with E-state index in [1.165, 1.54) is 11.1 Å². The van der Waals surface area contributed by atoms with Gasteiger partial charge in [0.1, 0.15) is 11.9 Å². The van der Waals surface area contributed by atoms with Crippen LogP contribution in [0, 0.1) is 20.8 Å². The number of hydrogen-bond donors (Lipinski definition) is 0. The first-order chi connectivity index (χ1) is 14.3. The molecule has 3 aromatic rings. The summed E-state index contributed by atoms with van der Waals surface area (Å²) in [6.45, 7) is 11.5. The Balaban J connectivity index is 1.49.